The number of hydrogen-bond donors (Lipinski definition) is 2. The summed E-state index contributed by atoms with van der Waals surface area (Å²) in [5, 5.41) is 9.17. The lowest BCUT2D eigenvalue weighted by Gasteiger charge is -2.07. The largest absolute Gasteiger partial charge is 0.478 e. The van der Waals surface area contributed by atoms with Crippen LogP contribution >= 0.6 is 0 Å². The molecule has 100 valence electrons. The summed E-state index contributed by atoms with van der Waals surface area (Å²) in [7, 11) is 0. The third kappa shape index (κ3) is 2.03. The minimum atomic E-state index is -0.986. The number of benzene rings is 1. The molecule has 0 fully saturated rings. The average Bonchev–Trinajstić information content (AvgIpc) is 2.90. The van der Waals surface area contributed by atoms with Crippen molar-refractivity contribution < 1.29 is 9.90 Å². The Bertz CT molecular complexity index is 765. The number of hydrogen-bond acceptors (Lipinski definition) is 3. The quantitative estimate of drug-likeness (QED) is 0.764. The third-order valence-electron chi connectivity index (χ3n) is 3.35. The lowest BCUT2D eigenvalue weighted by atomic mass is 10.0. The molecule has 2 aromatic heterocycles. The zero-order valence-electron chi connectivity index (χ0n) is 10.9. The molecular weight excluding hydrogens is 254 g/mol. The Kier molecular flexibility index (Phi) is 2.95. The molecular formula is C15H13N3O2. The van der Waals surface area contributed by atoms with Crippen molar-refractivity contribution in [2.45, 2.75) is 12.8 Å². The maximum atomic E-state index is 11.2. The molecule has 1 unspecified atom stereocenters. The minimum Gasteiger partial charge on any atom is -0.478 e. The number of carbonyl (C=O) groups is 1. The van der Waals surface area contributed by atoms with Gasteiger partial charge in [0, 0.05) is 12.1 Å². The molecule has 0 aliphatic heterocycles. The Morgan fingerprint density at radius 2 is 2.00 bits per heavy atom. The molecule has 0 saturated heterocycles. The standard InChI is InChI=1S/C15H13N3O2/c1-9(10-5-3-2-4-6-10)13-17-12-11(15(19)20)7-8-16-14(12)18-13/h2-9H,1H3,(H,19,20)(H,16,17,18). The van der Waals surface area contributed by atoms with Crippen molar-refractivity contribution >= 4 is 17.1 Å². The van der Waals surface area contributed by atoms with E-state index in [4.69, 9.17) is 0 Å². The maximum absolute atomic E-state index is 11.2. The van der Waals surface area contributed by atoms with Gasteiger partial charge in [-0.1, -0.05) is 37.3 Å². The van der Waals surface area contributed by atoms with Crippen molar-refractivity contribution in [3.8, 4) is 0 Å². The summed E-state index contributed by atoms with van der Waals surface area (Å²) in [5.74, 6) is -0.223. The van der Waals surface area contributed by atoms with Crippen molar-refractivity contribution in [2.24, 2.45) is 0 Å². The number of carboxylic acids is 1. The van der Waals surface area contributed by atoms with Crippen LogP contribution in [0.1, 0.15) is 34.6 Å². The van der Waals surface area contributed by atoms with Crippen molar-refractivity contribution in [1.29, 1.82) is 0 Å². The molecule has 3 aromatic rings. The zero-order valence-corrected chi connectivity index (χ0v) is 10.9. The van der Waals surface area contributed by atoms with E-state index in [2.05, 4.69) is 15.0 Å². The van der Waals surface area contributed by atoms with Crippen LogP contribution in [-0.2, 0) is 0 Å². The molecule has 0 radical (unpaired) electrons. The van der Waals surface area contributed by atoms with Crippen molar-refractivity contribution in [2.75, 3.05) is 0 Å². The van der Waals surface area contributed by atoms with Gasteiger partial charge in [-0.05, 0) is 11.6 Å². The van der Waals surface area contributed by atoms with E-state index >= 15 is 0 Å². The zero-order chi connectivity index (χ0) is 14.1. The van der Waals surface area contributed by atoms with Gasteiger partial charge in [-0.25, -0.2) is 14.8 Å². The van der Waals surface area contributed by atoms with Crippen LogP contribution in [0.3, 0.4) is 0 Å². The molecule has 1 aromatic carbocycles. The van der Waals surface area contributed by atoms with Gasteiger partial charge in [-0.2, -0.15) is 0 Å². The molecule has 0 spiro atoms. The number of fused-ring (bicyclic) bond motifs is 1. The molecule has 0 amide bonds. The normalized spacial score (nSPS) is 12.4. The Morgan fingerprint density at radius 3 is 2.70 bits per heavy atom. The minimum absolute atomic E-state index is 0.0482. The lowest BCUT2D eigenvalue weighted by Crippen LogP contribution is -1.99. The lowest BCUT2D eigenvalue weighted by molar-refractivity contribution is 0.0698. The predicted molar refractivity (Wildman–Crippen MR) is 74.8 cm³/mol. The first-order valence-corrected chi connectivity index (χ1v) is 6.29. The molecule has 0 aliphatic rings. The summed E-state index contributed by atoms with van der Waals surface area (Å²) in [6.07, 6.45) is 1.46. The first-order chi connectivity index (χ1) is 9.66. The summed E-state index contributed by atoms with van der Waals surface area (Å²) in [5.41, 5.74) is 2.21. The molecule has 5 nitrogen and oxygen atoms in total. The first-order valence-electron chi connectivity index (χ1n) is 6.29. The van der Waals surface area contributed by atoms with Crippen molar-refractivity contribution in [3.05, 3.63) is 59.5 Å². The number of carboxylic acid groups (broad SMARTS) is 1. The van der Waals surface area contributed by atoms with Crippen LogP contribution < -0.4 is 0 Å². The number of nitrogens with zero attached hydrogens (tertiary/aromatic N) is 2. The van der Waals surface area contributed by atoms with Gasteiger partial charge in [-0.15, -0.1) is 0 Å². The first kappa shape index (κ1) is 12.3. The van der Waals surface area contributed by atoms with Gasteiger partial charge in [-0.3, -0.25) is 0 Å². The number of aromatic nitrogens is 3. The summed E-state index contributed by atoms with van der Waals surface area (Å²) in [6.45, 7) is 2.02. The molecule has 2 heterocycles. The number of aromatic carboxylic acids is 1. The number of H-pyrrole nitrogens is 1. The average molecular weight is 267 g/mol. The summed E-state index contributed by atoms with van der Waals surface area (Å²) < 4.78 is 0. The van der Waals surface area contributed by atoms with Crippen molar-refractivity contribution in [3.63, 3.8) is 0 Å². The fraction of sp³-hybridized carbons (Fsp3) is 0.133. The Labute approximate surface area is 115 Å². The number of pyridine rings is 1. The fourth-order valence-electron chi connectivity index (χ4n) is 2.21. The van der Waals surface area contributed by atoms with Crippen molar-refractivity contribution in [1.82, 2.24) is 15.0 Å². The number of rotatable bonds is 3. The van der Waals surface area contributed by atoms with Gasteiger partial charge in [0.15, 0.2) is 5.65 Å². The van der Waals surface area contributed by atoms with E-state index in [0.29, 0.717) is 17.0 Å². The fourth-order valence-corrected chi connectivity index (χ4v) is 2.21. The van der Waals surface area contributed by atoms with Gasteiger partial charge < -0.3 is 10.1 Å². The summed E-state index contributed by atoms with van der Waals surface area (Å²) in [4.78, 5) is 22.8. The Hall–Kier alpha value is -2.69. The molecule has 20 heavy (non-hydrogen) atoms. The summed E-state index contributed by atoms with van der Waals surface area (Å²) >= 11 is 0. The van der Waals surface area contributed by atoms with Gasteiger partial charge in [0.05, 0.1) is 11.1 Å². The predicted octanol–water partition coefficient (Wildman–Crippen LogP) is 2.81. The van der Waals surface area contributed by atoms with E-state index in [1.54, 1.807) is 0 Å². The molecule has 5 heteroatoms. The van der Waals surface area contributed by atoms with Crippen LogP contribution in [0.15, 0.2) is 42.6 Å². The molecule has 3 rings (SSSR count). The molecule has 0 saturated carbocycles. The number of nitrogens with one attached hydrogen (secondary N) is 1. The maximum Gasteiger partial charge on any atom is 0.338 e. The van der Waals surface area contributed by atoms with Crippen LogP contribution in [0.2, 0.25) is 0 Å². The second-order valence-electron chi connectivity index (χ2n) is 4.62. The second kappa shape index (κ2) is 4.77. The van der Waals surface area contributed by atoms with E-state index in [1.807, 2.05) is 37.3 Å². The monoisotopic (exact) mass is 267 g/mol. The van der Waals surface area contributed by atoms with Gasteiger partial charge in [0.1, 0.15) is 5.82 Å². The van der Waals surface area contributed by atoms with Crippen LogP contribution in [-0.4, -0.2) is 26.0 Å². The Balaban J connectivity index is 2.10. The molecule has 2 N–H and O–H groups in total. The highest BCUT2D eigenvalue weighted by molar-refractivity contribution is 5.99. The number of imidazole rings is 1. The van der Waals surface area contributed by atoms with E-state index in [0.717, 1.165) is 5.56 Å². The molecule has 0 aliphatic carbocycles. The highest BCUT2D eigenvalue weighted by atomic mass is 16.4. The van der Waals surface area contributed by atoms with Gasteiger partial charge in [0.2, 0.25) is 0 Å². The van der Waals surface area contributed by atoms with E-state index in [9.17, 15) is 9.90 Å². The van der Waals surface area contributed by atoms with Crippen LogP contribution in [0.4, 0.5) is 0 Å². The topological polar surface area (TPSA) is 78.9 Å². The highest BCUT2D eigenvalue weighted by Gasteiger charge is 2.17. The van der Waals surface area contributed by atoms with Crippen LogP contribution in [0.25, 0.3) is 11.2 Å². The van der Waals surface area contributed by atoms with Gasteiger partial charge >= 0.3 is 5.97 Å². The van der Waals surface area contributed by atoms with Crippen LogP contribution in [0.5, 0.6) is 0 Å². The molecule has 0 bridgehead atoms. The second-order valence-corrected chi connectivity index (χ2v) is 4.62. The summed E-state index contributed by atoms with van der Waals surface area (Å²) in [6, 6.07) is 11.4. The Morgan fingerprint density at radius 1 is 1.25 bits per heavy atom. The van der Waals surface area contributed by atoms with Crippen LogP contribution in [0, 0.1) is 0 Å². The third-order valence-corrected chi connectivity index (χ3v) is 3.35. The SMILES string of the molecule is CC(c1ccccc1)c1nc2nccc(C(=O)O)c2[nH]1. The molecule has 1 atom stereocenters. The highest BCUT2D eigenvalue weighted by Crippen LogP contribution is 2.24. The van der Waals surface area contributed by atoms with E-state index < -0.39 is 5.97 Å². The number of aromatic amines is 1. The smallest absolute Gasteiger partial charge is 0.338 e. The van der Waals surface area contributed by atoms with E-state index in [-0.39, 0.29) is 11.5 Å². The van der Waals surface area contributed by atoms with Gasteiger partial charge in [0.25, 0.3) is 0 Å². The van der Waals surface area contributed by atoms with E-state index in [1.165, 1.54) is 12.3 Å².